The lowest BCUT2D eigenvalue weighted by Gasteiger charge is -2.05. The van der Waals surface area contributed by atoms with Crippen LogP contribution < -0.4 is 5.32 Å². The Labute approximate surface area is 174 Å². The second kappa shape index (κ2) is 9.00. The number of pyridine rings is 1. The Bertz CT molecular complexity index is 1140. The number of aromatic nitrogens is 5. The van der Waals surface area contributed by atoms with E-state index in [0.29, 0.717) is 13.1 Å². The minimum atomic E-state index is -0.155. The Morgan fingerprint density at radius 1 is 1.13 bits per heavy atom. The van der Waals surface area contributed by atoms with Gasteiger partial charge >= 0.3 is 0 Å². The van der Waals surface area contributed by atoms with Gasteiger partial charge in [0.05, 0.1) is 5.69 Å². The van der Waals surface area contributed by atoms with Gasteiger partial charge in [-0.05, 0) is 37.3 Å². The van der Waals surface area contributed by atoms with Crippen LogP contribution in [0, 0.1) is 6.92 Å². The molecule has 3 heterocycles. The van der Waals surface area contributed by atoms with E-state index in [9.17, 15) is 4.79 Å². The van der Waals surface area contributed by atoms with Crippen molar-refractivity contribution in [2.45, 2.75) is 13.5 Å². The maximum Gasteiger partial charge on any atom is 0.244 e. The Morgan fingerprint density at radius 2 is 2.00 bits per heavy atom. The van der Waals surface area contributed by atoms with Gasteiger partial charge in [-0.15, -0.1) is 0 Å². The second-order valence-corrected chi connectivity index (χ2v) is 6.75. The van der Waals surface area contributed by atoms with Crippen molar-refractivity contribution in [3.8, 4) is 16.9 Å². The van der Waals surface area contributed by atoms with Crippen molar-refractivity contribution >= 4 is 12.0 Å². The zero-order valence-electron chi connectivity index (χ0n) is 16.6. The smallest absolute Gasteiger partial charge is 0.244 e. The van der Waals surface area contributed by atoms with E-state index in [1.165, 1.54) is 6.08 Å². The van der Waals surface area contributed by atoms with Gasteiger partial charge < -0.3 is 9.88 Å². The third-order valence-corrected chi connectivity index (χ3v) is 4.69. The zero-order valence-corrected chi connectivity index (χ0v) is 16.6. The molecule has 4 rings (SSSR count). The molecule has 0 aliphatic rings. The van der Waals surface area contributed by atoms with Crippen LogP contribution in [0.5, 0.6) is 0 Å². The van der Waals surface area contributed by atoms with Gasteiger partial charge in [-0.2, -0.15) is 5.10 Å². The molecule has 0 saturated carbocycles. The van der Waals surface area contributed by atoms with Crippen LogP contribution >= 0.6 is 0 Å². The largest absolute Gasteiger partial charge is 0.351 e. The summed E-state index contributed by atoms with van der Waals surface area (Å²) in [4.78, 5) is 20.7. The van der Waals surface area contributed by atoms with Crippen molar-refractivity contribution in [1.82, 2.24) is 29.6 Å². The van der Waals surface area contributed by atoms with Gasteiger partial charge in [-0.25, -0.2) is 9.67 Å². The van der Waals surface area contributed by atoms with E-state index >= 15 is 0 Å². The summed E-state index contributed by atoms with van der Waals surface area (Å²) in [5.41, 5.74) is 3.45. The maximum absolute atomic E-state index is 12.3. The highest BCUT2D eigenvalue weighted by Gasteiger charge is 2.11. The molecule has 0 bridgehead atoms. The number of rotatable bonds is 7. The number of carbonyl (C=O) groups excluding carboxylic acids is 1. The molecule has 150 valence electrons. The lowest BCUT2D eigenvalue weighted by atomic mass is 10.1. The van der Waals surface area contributed by atoms with E-state index < -0.39 is 0 Å². The molecule has 1 aromatic carbocycles. The van der Waals surface area contributed by atoms with Gasteiger partial charge in [0.2, 0.25) is 5.91 Å². The Morgan fingerprint density at radius 3 is 2.73 bits per heavy atom. The molecule has 0 unspecified atom stereocenters. The lowest BCUT2D eigenvalue weighted by Crippen LogP contribution is -2.25. The van der Waals surface area contributed by atoms with E-state index in [4.69, 9.17) is 5.10 Å². The highest BCUT2D eigenvalue weighted by atomic mass is 16.1. The molecule has 4 aromatic rings. The number of nitrogens with one attached hydrogen (secondary N) is 1. The first-order valence-electron chi connectivity index (χ1n) is 9.70. The minimum Gasteiger partial charge on any atom is -0.351 e. The number of aryl methyl sites for hydroxylation is 1. The molecule has 0 radical (unpaired) electrons. The molecule has 0 atom stereocenters. The van der Waals surface area contributed by atoms with Crippen molar-refractivity contribution in [2.24, 2.45) is 0 Å². The summed E-state index contributed by atoms with van der Waals surface area (Å²) in [6, 6.07) is 13.7. The number of hydrogen-bond acceptors (Lipinski definition) is 4. The van der Waals surface area contributed by atoms with Gasteiger partial charge in [0.15, 0.2) is 0 Å². The van der Waals surface area contributed by atoms with Crippen molar-refractivity contribution < 1.29 is 4.79 Å². The fraction of sp³-hybridized carbons (Fsp3) is 0.130. The molecule has 0 spiro atoms. The molecule has 0 saturated heterocycles. The topological polar surface area (TPSA) is 77.6 Å². The number of hydrogen-bond donors (Lipinski definition) is 1. The first-order chi connectivity index (χ1) is 14.7. The van der Waals surface area contributed by atoms with E-state index in [2.05, 4.69) is 15.3 Å². The maximum atomic E-state index is 12.3. The minimum absolute atomic E-state index is 0.155. The molecule has 3 aromatic heterocycles. The monoisotopic (exact) mass is 398 g/mol. The van der Waals surface area contributed by atoms with Crippen molar-refractivity contribution in [3.05, 3.63) is 90.9 Å². The molecule has 0 fully saturated rings. The van der Waals surface area contributed by atoms with Crippen LogP contribution in [0.15, 0.2) is 79.5 Å². The number of benzene rings is 1. The highest BCUT2D eigenvalue weighted by Crippen LogP contribution is 2.24. The van der Waals surface area contributed by atoms with Crippen LogP contribution in [-0.2, 0) is 11.3 Å². The van der Waals surface area contributed by atoms with Gasteiger partial charge in [0.1, 0.15) is 11.5 Å². The molecule has 7 heteroatoms. The summed E-state index contributed by atoms with van der Waals surface area (Å²) < 4.78 is 3.80. The van der Waals surface area contributed by atoms with Crippen LogP contribution in [0.4, 0.5) is 0 Å². The van der Waals surface area contributed by atoms with Gasteiger partial charge in [-0.1, -0.05) is 18.2 Å². The molecule has 0 aliphatic carbocycles. The van der Waals surface area contributed by atoms with Crippen molar-refractivity contribution in [2.75, 3.05) is 6.54 Å². The number of amides is 1. The quantitative estimate of drug-likeness (QED) is 0.485. The van der Waals surface area contributed by atoms with E-state index in [0.717, 1.165) is 28.3 Å². The van der Waals surface area contributed by atoms with E-state index in [1.54, 1.807) is 24.7 Å². The summed E-state index contributed by atoms with van der Waals surface area (Å²) in [5.74, 6) is 0.770. The third kappa shape index (κ3) is 4.52. The standard InChI is InChI=1S/C23H22N6O/c1-18-25-12-14-28(18)15-13-26-22(30)10-9-20-17-29(21-7-3-2-4-8-21)27-23(20)19-6-5-11-24-16-19/h2-12,14,16-17H,13,15H2,1H3,(H,26,30)/b10-9+. The summed E-state index contributed by atoms with van der Waals surface area (Å²) in [6.45, 7) is 3.14. The first-order valence-corrected chi connectivity index (χ1v) is 9.70. The molecule has 1 N–H and O–H groups in total. The van der Waals surface area contributed by atoms with Crippen molar-refractivity contribution in [3.63, 3.8) is 0 Å². The number of para-hydroxylation sites is 1. The lowest BCUT2D eigenvalue weighted by molar-refractivity contribution is -0.116. The fourth-order valence-electron chi connectivity index (χ4n) is 3.11. The number of carbonyl (C=O) groups is 1. The van der Waals surface area contributed by atoms with Gasteiger partial charge in [0, 0.05) is 61.3 Å². The summed E-state index contributed by atoms with van der Waals surface area (Å²) in [6.07, 6.45) is 12.4. The average Bonchev–Trinajstić information content (AvgIpc) is 3.40. The first kappa shape index (κ1) is 19.3. The van der Waals surface area contributed by atoms with Crippen LogP contribution in [0.1, 0.15) is 11.4 Å². The number of nitrogens with zero attached hydrogens (tertiary/aromatic N) is 5. The molecule has 30 heavy (non-hydrogen) atoms. The SMILES string of the molecule is Cc1nccn1CCNC(=O)/C=C/c1cn(-c2ccccc2)nc1-c1cccnc1. The Balaban J connectivity index is 1.51. The molecular formula is C23H22N6O. The molecule has 0 aliphatic heterocycles. The zero-order chi connectivity index (χ0) is 20.8. The summed E-state index contributed by atoms with van der Waals surface area (Å²) >= 11 is 0. The molecular weight excluding hydrogens is 376 g/mol. The molecule has 1 amide bonds. The third-order valence-electron chi connectivity index (χ3n) is 4.69. The Kier molecular flexibility index (Phi) is 5.80. The fourth-order valence-corrected chi connectivity index (χ4v) is 3.11. The van der Waals surface area contributed by atoms with Crippen LogP contribution in [0.2, 0.25) is 0 Å². The van der Waals surface area contributed by atoms with Crippen molar-refractivity contribution in [1.29, 1.82) is 0 Å². The van der Waals surface area contributed by atoms with E-state index in [-0.39, 0.29) is 5.91 Å². The summed E-state index contributed by atoms with van der Waals surface area (Å²) in [5, 5.41) is 7.62. The predicted molar refractivity (Wildman–Crippen MR) is 116 cm³/mol. The highest BCUT2D eigenvalue weighted by molar-refractivity contribution is 5.92. The van der Waals surface area contributed by atoms with Crippen LogP contribution in [-0.4, -0.2) is 36.8 Å². The van der Waals surface area contributed by atoms with Crippen LogP contribution in [0.25, 0.3) is 23.0 Å². The predicted octanol–water partition coefficient (Wildman–Crippen LogP) is 3.27. The number of imidazole rings is 1. The van der Waals surface area contributed by atoms with Crippen LogP contribution in [0.3, 0.4) is 0 Å². The summed E-state index contributed by atoms with van der Waals surface area (Å²) in [7, 11) is 0. The second-order valence-electron chi connectivity index (χ2n) is 6.75. The van der Waals surface area contributed by atoms with Gasteiger partial charge in [-0.3, -0.25) is 9.78 Å². The molecule has 7 nitrogen and oxygen atoms in total. The van der Waals surface area contributed by atoms with E-state index in [1.807, 2.05) is 71.0 Å². The van der Waals surface area contributed by atoms with Gasteiger partial charge in [0.25, 0.3) is 0 Å². The Hall–Kier alpha value is -4.00. The normalized spacial score (nSPS) is 11.1. The average molecular weight is 398 g/mol.